The van der Waals surface area contributed by atoms with Crippen LogP contribution in [0.5, 0.6) is 0 Å². The van der Waals surface area contributed by atoms with Crippen molar-refractivity contribution in [2.45, 2.75) is 58.0 Å². The van der Waals surface area contributed by atoms with E-state index in [-0.39, 0.29) is 23.2 Å². The molecule has 44 heavy (non-hydrogen) atoms. The van der Waals surface area contributed by atoms with Crippen molar-refractivity contribution in [3.63, 3.8) is 0 Å². The van der Waals surface area contributed by atoms with E-state index in [1.165, 1.54) is 44.0 Å². The second-order valence-electron chi connectivity index (χ2n) is 12.3. The van der Waals surface area contributed by atoms with Crippen LogP contribution in [0, 0.1) is 12.7 Å². The zero-order valence-electron chi connectivity index (χ0n) is 25.5. The van der Waals surface area contributed by atoms with Gasteiger partial charge in [-0.15, -0.1) is 0 Å². The van der Waals surface area contributed by atoms with Gasteiger partial charge >= 0.3 is 6.18 Å². The molecule has 3 heterocycles. The number of hydrogen-bond acceptors (Lipinski definition) is 5. The number of morpholine rings is 1. The van der Waals surface area contributed by atoms with Crippen LogP contribution in [0.1, 0.15) is 43.0 Å². The highest BCUT2D eigenvalue weighted by Gasteiger charge is 2.39. The van der Waals surface area contributed by atoms with Crippen molar-refractivity contribution in [3.8, 4) is 11.1 Å². The third-order valence-electron chi connectivity index (χ3n) is 8.83. The molecule has 5 rings (SSSR count). The SMILES string of the molecule is Cc1cc(F)ccc1-c1cc(N2CC3COCCN3C[C@H]2C)ncc1N(C)C(=O)C(C)(C)c1cc(CF)cc(C(F)(F)F)c1. The van der Waals surface area contributed by atoms with Crippen molar-refractivity contribution in [1.82, 2.24) is 9.88 Å². The monoisotopic (exact) mass is 616 g/mol. The zero-order valence-corrected chi connectivity index (χ0v) is 25.5. The molecule has 0 N–H and O–H groups in total. The van der Waals surface area contributed by atoms with E-state index in [1.807, 2.05) is 6.07 Å². The number of aromatic nitrogens is 1. The molecule has 0 aliphatic carbocycles. The summed E-state index contributed by atoms with van der Waals surface area (Å²) in [6.45, 7) is 9.57. The molecule has 2 aliphatic rings. The molecule has 0 saturated carbocycles. The van der Waals surface area contributed by atoms with E-state index < -0.39 is 35.6 Å². The first kappa shape index (κ1) is 31.8. The van der Waals surface area contributed by atoms with Crippen molar-refractivity contribution >= 4 is 17.4 Å². The Kier molecular flexibility index (Phi) is 8.74. The fourth-order valence-electron chi connectivity index (χ4n) is 6.21. The summed E-state index contributed by atoms with van der Waals surface area (Å²) < 4.78 is 74.4. The summed E-state index contributed by atoms with van der Waals surface area (Å²) in [5.74, 6) is -0.225. The average molecular weight is 617 g/mol. The summed E-state index contributed by atoms with van der Waals surface area (Å²) >= 11 is 0. The van der Waals surface area contributed by atoms with Crippen LogP contribution >= 0.6 is 0 Å². The quantitative estimate of drug-likeness (QED) is 0.295. The number of pyridine rings is 1. The third kappa shape index (κ3) is 6.17. The Hall–Kier alpha value is -3.57. The largest absolute Gasteiger partial charge is 0.416 e. The van der Waals surface area contributed by atoms with E-state index in [4.69, 9.17) is 9.72 Å². The Balaban J connectivity index is 1.56. The molecule has 3 aromatic rings. The smallest absolute Gasteiger partial charge is 0.378 e. The Morgan fingerprint density at radius 2 is 1.80 bits per heavy atom. The molecule has 2 atom stereocenters. The van der Waals surface area contributed by atoms with E-state index >= 15 is 0 Å². The number of likely N-dealkylation sites (N-methyl/N-ethyl adjacent to an activating group) is 1. The van der Waals surface area contributed by atoms with Crippen LogP contribution < -0.4 is 9.80 Å². The van der Waals surface area contributed by atoms with Gasteiger partial charge < -0.3 is 14.5 Å². The highest BCUT2D eigenvalue weighted by atomic mass is 19.4. The maximum absolute atomic E-state index is 14.1. The van der Waals surface area contributed by atoms with Gasteiger partial charge in [0.2, 0.25) is 5.91 Å². The number of aryl methyl sites for hydroxylation is 1. The Labute approximate surface area is 254 Å². The lowest BCUT2D eigenvalue weighted by Gasteiger charge is -2.47. The van der Waals surface area contributed by atoms with Crippen LogP contribution in [-0.2, 0) is 27.8 Å². The molecule has 0 radical (unpaired) electrons. The number of ether oxygens (including phenoxy) is 1. The molecule has 2 fully saturated rings. The first-order chi connectivity index (χ1) is 20.7. The standard InChI is InChI=1S/C33H37F5N4O2/c1-20-10-25(35)6-7-27(20)28-14-30(42-18-26-19-44-9-8-41(26)17-21(42)2)39-16-29(28)40(5)31(43)32(3,4)23-11-22(15-34)12-24(13-23)33(36,37)38/h6-7,10-14,16,21,26H,8-9,15,17-19H2,1-5H3/t21-,26?/m1/s1. The molecule has 11 heteroatoms. The lowest BCUT2D eigenvalue weighted by atomic mass is 9.81. The molecule has 0 spiro atoms. The molecule has 1 aromatic heterocycles. The van der Waals surface area contributed by atoms with E-state index in [2.05, 4.69) is 16.7 Å². The molecular formula is C33H37F5N4O2. The number of hydrogen-bond donors (Lipinski definition) is 0. The van der Waals surface area contributed by atoms with E-state index in [9.17, 15) is 26.7 Å². The fourth-order valence-corrected chi connectivity index (χ4v) is 6.21. The molecule has 0 bridgehead atoms. The van der Waals surface area contributed by atoms with Crippen LogP contribution in [0.4, 0.5) is 33.5 Å². The van der Waals surface area contributed by atoms with Crippen LogP contribution in [0.2, 0.25) is 0 Å². The third-order valence-corrected chi connectivity index (χ3v) is 8.83. The van der Waals surface area contributed by atoms with Crippen molar-refractivity contribution in [2.24, 2.45) is 0 Å². The number of amides is 1. The van der Waals surface area contributed by atoms with Gasteiger partial charge in [-0.05, 0) is 80.3 Å². The zero-order chi connectivity index (χ0) is 32.0. The van der Waals surface area contributed by atoms with E-state index in [0.29, 0.717) is 48.0 Å². The normalized spacial score (nSPS) is 19.5. The first-order valence-corrected chi connectivity index (χ1v) is 14.6. The minimum absolute atomic E-state index is 0.0438. The molecule has 2 aromatic carbocycles. The molecular weight excluding hydrogens is 579 g/mol. The molecule has 2 aliphatic heterocycles. The molecule has 236 valence electrons. The second kappa shape index (κ2) is 12.1. The number of carbonyl (C=O) groups is 1. The van der Waals surface area contributed by atoms with Gasteiger partial charge in [-0.1, -0.05) is 12.1 Å². The topological polar surface area (TPSA) is 48.9 Å². The summed E-state index contributed by atoms with van der Waals surface area (Å²) in [7, 11) is 1.54. The van der Waals surface area contributed by atoms with Gasteiger partial charge in [0.15, 0.2) is 0 Å². The number of piperazine rings is 1. The van der Waals surface area contributed by atoms with E-state index in [0.717, 1.165) is 25.2 Å². The predicted octanol–water partition coefficient (Wildman–Crippen LogP) is 6.53. The average Bonchev–Trinajstić information content (AvgIpc) is 2.99. The minimum atomic E-state index is -4.70. The lowest BCUT2D eigenvalue weighted by molar-refractivity contribution is -0.137. The van der Waals surface area contributed by atoms with E-state index in [1.54, 1.807) is 19.2 Å². The maximum atomic E-state index is 14.1. The van der Waals surface area contributed by atoms with Crippen LogP contribution in [-0.4, -0.2) is 67.8 Å². The Morgan fingerprint density at radius 1 is 1.07 bits per heavy atom. The molecule has 2 saturated heterocycles. The Bertz CT molecular complexity index is 1540. The number of fused-ring (bicyclic) bond motifs is 1. The number of benzene rings is 2. The number of halogens is 5. The number of anilines is 2. The second-order valence-corrected chi connectivity index (χ2v) is 12.3. The summed E-state index contributed by atoms with van der Waals surface area (Å²) in [5.41, 5.74) is -0.224. The highest BCUT2D eigenvalue weighted by molar-refractivity contribution is 6.03. The van der Waals surface area contributed by atoms with Gasteiger partial charge in [-0.2, -0.15) is 13.2 Å². The number of alkyl halides is 4. The molecule has 1 unspecified atom stereocenters. The van der Waals surface area contributed by atoms with Crippen molar-refractivity contribution < 1.29 is 31.5 Å². The van der Waals surface area contributed by atoms with Gasteiger partial charge in [0.1, 0.15) is 18.3 Å². The van der Waals surface area contributed by atoms with Crippen LogP contribution in [0.15, 0.2) is 48.7 Å². The van der Waals surface area contributed by atoms with Crippen molar-refractivity contribution in [2.75, 3.05) is 49.7 Å². The summed E-state index contributed by atoms with van der Waals surface area (Å²) in [6, 6.07) is 9.59. The number of nitrogens with zero attached hydrogens (tertiary/aromatic N) is 4. The van der Waals surface area contributed by atoms with Crippen molar-refractivity contribution in [1.29, 1.82) is 0 Å². The summed E-state index contributed by atoms with van der Waals surface area (Å²) in [4.78, 5) is 24.8. The Morgan fingerprint density at radius 3 is 2.48 bits per heavy atom. The van der Waals surface area contributed by atoms with Crippen LogP contribution in [0.3, 0.4) is 0 Å². The lowest BCUT2D eigenvalue weighted by Crippen LogP contribution is -2.61. The maximum Gasteiger partial charge on any atom is 0.416 e. The molecule has 6 nitrogen and oxygen atoms in total. The number of carbonyl (C=O) groups excluding carboxylic acids is 1. The molecule has 1 amide bonds. The summed E-state index contributed by atoms with van der Waals surface area (Å²) in [5, 5.41) is 0. The highest BCUT2D eigenvalue weighted by Crippen LogP contribution is 2.39. The summed E-state index contributed by atoms with van der Waals surface area (Å²) in [6.07, 6.45) is -3.12. The number of rotatable bonds is 6. The van der Waals surface area contributed by atoms with Gasteiger partial charge in [0, 0.05) is 38.3 Å². The van der Waals surface area contributed by atoms with Crippen molar-refractivity contribution in [3.05, 3.63) is 76.7 Å². The van der Waals surface area contributed by atoms with Gasteiger partial charge in [0.05, 0.1) is 42.1 Å². The predicted molar refractivity (Wildman–Crippen MR) is 160 cm³/mol. The minimum Gasteiger partial charge on any atom is -0.378 e. The first-order valence-electron chi connectivity index (χ1n) is 14.6. The van der Waals surface area contributed by atoms with Gasteiger partial charge in [-0.25, -0.2) is 13.8 Å². The van der Waals surface area contributed by atoms with Gasteiger partial charge in [-0.3, -0.25) is 9.69 Å². The van der Waals surface area contributed by atoms with Gasteiger partial charge in [0.25, 0.3) is 0 Å². The fraction of sp³-hybridized carbons (Fsp3) is 0.455. The van der Waals surface area contributed by atoms with Crippen LogP contribution in [0.25, 0.3) is 11.1 Å².